The summed E-state index contributed by atoms with van der Waals surface area (Å²) in [6, 6.07) is 0.235. The Hall–Kier alpha value is -1.36. The summed E-state index contributed by atoms with van der Waals surface area (Å²) in [6.45, 7) is 2.16. The molecule has 0 saturated carbocycles. The number of rotatable bonds is 4. The zero-order valence-corrected chi connectivity index (χ0v) is 7.66. The van der Waals surface area contributed by atoms with Crippen molar-refractivity contribution in [2.75, 3.05) is 19.0 Å². The average Bonchev–Trinajstić information content (AvgIpc) is 2.48. The van der Waals surface area contributed by atoms with Gasteiger partial charge in [0.25, 0.3) is 0 Å². The predicted octanol–water partition coefficient (Wildman–Crippen LogP) is 0.958. The number of carbonyl (C=O) groups is 1. The van der Waals surface area contributed by atoms with E-state index in [1.165, 1.54) is 0 Å². The fourth-order valence-electron chi connectivity index (χ4n) is 0.789. The minimum Gasteiger partial charge on any atom is -0.429 e. The SMILES string of the molecule is COCCC(=O)Nc1ncc(C)o1. The maximum Gasteiger partial charge on any atom is 0.301 e. The molecule has 5 nitrogen and oxygen atoms in total. The van der Waals surface area contributed by atoms with E-state index in [9.17, 15) is 4.79 Å². The number of hydrogen-bond acceptors (Lipinski definition) is 4. The van der Waals surface area contributed by atoms with Gasteiger partial charge in [0.1, 0.15) is 5.76 Å². The molecule has 0 unspecified atom stereocenters. The van der Waals surface area contributed by atoms with Crippen molar-refractivity contribution in [2.24, 2.45) is 0 Å². The van der Waals surface area contributed by atoms with E-state index in [1.807, 2.05) is 0 Å². The molecule has 1 amide bonds. The van der Waals surface area contributed by atoms with Gasteiger partial charge >= 0.3 is 6.01 Å². The zero-order valence-electron chi connectivity index (χ0n) is 7.66. The minimum absolute atomic E-state index is 0.163. The molecule has 0 bridgehead atoms. The van der Waals surface area contributed by atoms with E-state index < -0.39 is 0 Å². The largest absolute Gasteiger partial charge is 0.429 e. The summed E-state index contributed by atoms with van der Waals surface area (Å²) >= 11 is 0. The number of nitrogens with zero attached hydrogens (tertiary/aromatic N) is 1. The van der Waals surface area contributed by atoms with Gasteiger partial charge in [0.05, 0.1) is 19.2 Å². The Balaban J connectivity index is 2.36. The highest BCUT2D eigenvalue weighted by Crippen LogP contribution is 2.06. The number of oxazole rings is 1. The van der Waals surface area contributed by atoms with Gasteiger partial charge in [-0.15, -0.1) is 0 Å². The molecule has 0 atom stereocenters. The second-order valence-electron chi connectivity index (χ2n) is 2.57. The van der Waals surface area contributed by atoms with Gasteiger partial charge < -0.3 is 9.15 Å². The smallest absolute Gasteiger partial charge is 0.301 e. The molecule has 72 valence electrons. The molecule has 1 rings (SSSR count). The van der Waals surface area contributed by atoms with Gasteiger partial charge in [-0.25, -0.2) is 4.98 Å². The number of amides is 1. The molecule has 0 aromatic carbocycles. The van der Waals surface area contributed by atoms with Gasteiger partial charge in [0, 0.05) is 7.11 Å². The number of ether oxygens (including phenoxy) is 1. The molecule has 1 heterocycles. The van der Waals surface area contributed by atoms with Crippen LogP contribution in [0, 0.1) is 6.92 Å². The lowest BCUT2D eigenvalue weighted by molar-refractivity contribution is -0.117. The Kier molecular flexibility index (Phi) is 3.45. The molecule has 0 spiro atoms. The standard InChI is InChI=1S/C8H12N2O3/c1-6-5-9-8(13-6)10-7(11)3-4-12-2/h5H,3-4H2,1-2H3,(H,9,10,11). The molecule has 0 radical (unpaired) electrons. The summed E-state index contributed by atoms with van der Waals surface area (Å²) in [5, 5.41) is 2.50. The fraction of sp³-hybridized carbons (Fsp3) is 0.500. The van der Waals surface area contributed by atoms with Crippen LogP contribution in [0.2, 0.25) is 0 Å². The maximum atomic E-state index is 11.1. The van der Waals surface area contributed by atoms with Crippen LogP contribution in [0.1, 0.15) is 12.2 Å². The zero-order chi connectivity index (χ0) is 9.68. The molecule has 0 fully saturated rings. The highest BCUT2D eigenvalue weighted by Gasteiger charge is 2.05. The second kappa shape index (κ2) is 4.61. The van der Waals surface area contributed by atoms with Crippen LogP contribution in [0.5, 0.6) is 0 Å². The number of aryl methyl sites for hydroxylation is 1. The second-order valence-corrected chi connectivity index (χ2v) is 2.57. The van der Waals surface area contributed by atoms with Crippen molar-refractivity contribution < 1.29 is 13.9 Å². The lowest BCUT2D eigenvalue weighted by atomic mass is 10.4. The van der Waals surface area contributed by atoms with Crippen LogP contribution < -0.4 is 5.32 Å². The van der Waals surface area contributed by atoms with E-state index in [0.29, 0.717) is 18.8 Å². The highest BCUT2D eigenvalue weighted by atomic mass is 16.5. The van der Waals surface area contributed by atoms with Crippen molar-refractivity contribution in [3.05, 3.63) is 12.0 Å². The van der Waals surface area contributed by atoms with Gasteiger partial charge in [0.2, 0.25) is 5.91 Å². The minimum atomic E-state index is -0.163. The molecule has 1 N–H and O–H groups in total. The molecule has 13 heavy (non-hydrogen) atoms. The average molecular weight is 184 g/mol. The number of carbonyl (C=O) groups excluding carboxylic acids is 1. The predicted molar refractivity (Wildman–Crippen MR) is 46.4 cm³/mol. The Morgan fingerprint density at radius 1 is 1.77 bits per heavy atom. The molecule has 1 aromatic heterocycles. The number of aromatic nitrogens is 1. The number of anilines is 1. The normalized spacial score (nSPS) is 10.0. The van der Waals surface area contributed by atoms with Crippen molar-refractivity contribution in [3.63, 3.8) is 0 Å². The molecule has 0 aliphatic heterocycles. The Morgan fingerprint density at radius 3 is 3.08 bits per heavy atom. The number of hydrogen-bond donors (Lipinski definition) is 1. The summed E-state index contributed by atoms with van der Waals surface area (Å²) in [5.41, 5.74) is 0. The van der Waals surface area contributed by atoms with E-state index >= 15 is 0 Å². The van der Waals surface area contributed by atoms with Crippen molar-refractivity contribution in [3.8, 4) is 0 Å². The van der Waals surface area contributed by atoms with Crippen LogP contribution in [0.25, 0.3) is 0 Å². The first kappa shape index (κ1) is 9.73. The Labute approximate surface area is 76.1 Å². The van der Waals surface area contributed by atoms with Crippen molar-refractivity contribution >= 4 is 11.9 Å². The van der Waals surface area contributed by atoms with E-state index in [2.05, 4.69) is 10.3 Å². The molecule has 0 aliphatic carbocycles. The van der Waals surface area contributed by atoms with Crippen LogP contribution in [-0.2, 0) is 9.53 Å². The van der Waals surface area contributed by atoms with E-state index in [-0.39, 0.29) is 11.9 Å². The van der Waals surface area contributed by atoms with Gasteiger partial charge in [-0.05, 0) is 6.92 Å². The topological polar surface area (TPSA) is 64.4 Å². The molecular weight excluding hydrogens is 172 g/mol. The van der Waals surface area contributed by atoms with Crippen LogP contribution >= 0.6 is 0 Å². The number of methoxy groups -OCH3 is 1. The fourth-order valence-corrected chi connectivity index (χ4v) is 0.789. The van der Waals surface area contributed by atoms with E-state index in [1.54, 1.807) is 20.2 Å². The van der Waals surface area contributed by atoms with Crippen LogP contribution in [0.15, 0.2) is 10.6 Å². The summed E-state index contributed by atoms with van der Waals surface area (Å²) < 4.78 is 9.79. The highest BCUT2D eigenvalue weighted by molar-refractivity contribution is 5.88. The van der Waals surface area contributed by atoms with Crippen molar-refractivity contribution in [1.82, 2.24) is 4.98 Å². The third-order valence-corrected chi connectivity index (χ3v) is 1.40. The first-order valence-corrected chi connectivity index (χ1v) is 3.93. The van der Waals surface area contributed by atoms with Gasteiger partial charge in [-0.1, -0.05) is 0 Å². The van der Waals surface area contributed by atoms with Crippen LogP contribution in [-0.4, -0.2) is 24.6 Å². The lowest BCUT2D eigenvalue weighted by Gasteiger charge is -1.98. The molecule has 1 aromatic rings. The first-order valence-electron chi connectivity index (χ1n) is 3.93. The number of nitrogens with one attached hydrogen (secondary N) is 1. The van der Waals surface area contributed by atoms with Gasteiger partial charge in [-0.3, -0.25) is 10.1 Å². The summed E-state index contributed by atoms with van der Waals surface area (Å²) in [4.78, 5) is 14.9. The Bertz CT molecular complexity index is 283. The third-order valence-electron chi connectivity index (χ3n) is 1.40. The third kappa shape index (κ3) is 3.25. The van der Waals surface area contributed by atoms with Gasteiger partial charge in [0.15, 0.2) is 0 Å². The summed E-state index contributed by atoms with van der Waals surface area (Å²) in [7, 11) is 1.54. The maximum absolute atomic E-state index is 11.1. The van der Waals surface area contributed by atoms with Gasteiger partial charge in [-0.2, -0.15) is 0 Å². The summed E-state index contributed by atoms with van der Waals surface area (Å²) in [6.07, 6.45) is 1.85. The van der Waals surface area contributed by atoms with E-state index in [4.69, 9.17) is 9.15 Å². The quantitative estimate of drug-likeness (QED) is 0.756. The summed E-state index contributed by atoms with van der Waals surface area (Å²) in [5.74, 6) is 0.505. The Morgan fingerprint density at radius 2 is 2.54 bits per heavy atom. The molecule has 0 saturated heterocycles. The van der Waals surface area contributed by atoms with Crippen molar-refractivity contribution in [2.45, 2.75) is 13.3 Å². The first-order chi connectivity index (χ1) is 6.22. The van der Waals surface area contributed by atoms with Crippen LogP contribution in [0.4, 0.5) is 6.01 Å². The molecular formula is C8H12N2O3. The van der Waals surface area contributed by atoms with E-state index in [0.717, 1.165) is 0 Å². The van der Waals surface area contributed by atoms with Crippen molar-refractivity contribution in [1.29, 1.82) is 0 Å². The molecule has 0 aliphatic rings. The monoisotopic (exact) mass is 184 g/mol. The van der Waals surface area contributed by atoms with Crippen LogP contribution in [0.3, 0.4) is 0 Å². The lowest BCUT2D eigenvalue weighted by Crippen LogP contribution is -2.13. The molecule has 5 heteroatoms.